The average molecular weight is 393 g/mol. The Kier molecular flexibility index (Phi) is 5.89. The highest BCUT2D eigenvalue weighted by Gasteiger charge is 2.15. The van der Waals surface area contributed by atoms with Gasteiger partial charge in [-0.15, -0.1) is 16.8 Å². The minimum atomic E-state index is 0.637. The van der Waals surface area contributed by atoms with Crippen LogP contribution in [0.5, 0.6) is 0 Å². The van der Waals surface area contributed by atoms with Gasteiger partial charge in [0.1, 0.15) is 5.82 Å². The highest BCUT2D eigenvalue weighted by atomic mass is 35.5. The van der Waals surface area contributed by atoms with E-state index in [1.165, 1.54) is 5.69 Å². The maximum atomic E-state index is 6.25. The fraction of sp³-hybridized carbons (Fsp3) is 0.222. The molecule has 0 aliphatic rings. The van der Waals surface area contributed by atoms with E-state index in [0.29, 0.717) is 22.3 Å². The van der Waals surface area contributed by atoms with Crippen molar-refractivity contribution in [1.29, 1.82) is 0 Å². The predicted octanol–water partition coefficient (Wildman–Crippen LogP) is 4.99. The molecule has 4 nitrogen and oxygen atoms in total. The summed E-state index contributed by atoms with van der Waals surface area (Å²) in [6, 6.07) is 9.65. The standard InChI is InChI=1S/C18H18Cl2N4S/c1-3-9-24-17(11-13-6-5-10-23(13)2)21-22-18(24)25-12-14-15(19)7-4-8-16(14)20/h3-8,10H,1,9,11-12H2,2H3. The summed E-state index contributed by atoms with van der Waals surface area (Å²) in [5.41, 5.74) is 2.09. The second-order valence-corrected chi connectivity index (χ2v) is 7.33. The van der Waals surface area contributed by atoms with Crippen molar-refractivity contribution in [2.45, 2.75) is 23.9 Å². The fourth-order valence-corrected chi connectivity index (χ4v) is 4.23. The Labute approximate surface area is 161 Å². The van der Waals surface area contributed by atoms with Crippen molar-refractivity contribution in [2.24, 2.45) is 7.05 Å². The van der Waals surface area contributed by atoms with Gasteiger partial charge in [0.15, 0.2) is 5.16 Å². The van der Waals surface area contributed by atoms with E-state index in [4.69, 9.17) is 23.2 Å². The largest absolute Gasteiger partial charge is 0.354 e. The summed E-state index contributed by atoms with van der Waals surface area (Å²) in [6.07, 6.45) is 4.60. The van der Waals surface area contributed by atoms with Gasteiger partial charge in [-0.1, -0.05) is 47.1 Å². The first-order valence-corrected chi connectivity index (χ1v) is 9.53. The lowest BCUT2D eigenvalue weighted by molar-refractivity contribution is 0.681. The van der Waals surface area contributed by atoms with Crippen LogP contribution >= 0.6 is 35.0 Å². The molecule has 0 unspecified atom stereocenters. The van der Waals surface area contributed by atoms with Gasteiger partial charge >= 0.3 is 0 Å². The van der Waals surface area contributed by atoms with E-state index in [1.807, 2.05) is 43.6 Å². The molecule has 2 aromatic heterocycles. The van der Waals surface area contributed by atoms with Gasteiger partial charge in [0, 0.05) is 47.7 Å². The zero-order valence-electron chi connectivity index (χ0n) is 13.8. The molecule has 0 amide bonds. The zero-order valence-corrected chi connectivity index (χ0v) is 16.2. The molecular weight excluding hydrogens is 375 g/mol. The summed E-state index contributed by atoms with van der Waals surface area (Å²) in [7, 11) is 2.03. The Balaban J connectivity index is 1.82. The summed E-state index contributed by atoms with van der Waals surface area (Å²) in [5.74, 6) is 1.55. The van der Waals surface area contributed by atoms with Gasteiger partial charge in [-0.05, 0) is 29.8 Å². The van der Waals surface area contributed by atoms with Crippen LogP contribution in [0.15, 0.2) is 54.3 Å². The number of rotatable bonds is 7. The van der Waals surface area contributed by atoms with Gasteiger partial charge in [-0.25, -0.2) is 0 Å². The summed E-state index contributed by atoms with van der Waals surface area (Å²) < 4.78 is 4.17. The third-order valence-electron chi connectivity index (χ3n) is 3.90. The normalized spacial score (nSPS) is 11.0. The number of benzene rings is 1. The fourth-order valence-electron chi connectivity index (χ4n) is 2.52. The smallest absolute Gasteiger partial charge is 0.191 e. The molecule has 0 fully saturated rings. The average Bonchev–Trinajstić information content (AvgIpc) is 3.15. The van der Waals surface area contributed by atoms with Crippen LogP contribution in [0.2, 0.25) is 10.0 Å². The zero-order chi connectivity index (χ0) is 17.8. The number of hydrogen-bond donors (Lipinski definition) is 0. The summed E-state index contributed by atoms with van der Waals surface area (Å²) >= 11 is 14.1. The highest BCUT2D eigenvalue weighted by Crippen LogP contribution is 2.31. The van der Waals surface area contributed by atoms with E-state index in [-0.39, 0.29) is 0 Å². The maximum Gasteiger partial charge on any atom is 0.191 e. The lowest BCUT2D eigenvalue weighted by atomic mass is 10.2. The predicted molar refractivity (Wildman–Crippen MR) is 104 cm³/mol. The lowest BCUT2D eigenvalue weighted by Crippen LogP contribution is -2.06. The topological polar surface area (TPSA) is 35.6 Å². The number of allylic oxidation sites excluding steroid dienone is 1. The Morgan fingerprint density at radius 3 is 2.56 bits per heavy atom. The van der Waals surface area contributed by atoms with Gasteiger partial charge in [0.2, 0.25) is 0 Å². The third-order valence-corrected chi connectivity index (χ3v) is 5.60. The first-order chi connectivity index (χ1) is 12.1. The summed E-state index contributed by atoms with van der Waals surface area (Å²) in [6.45, 7) is 4.50. The number of thioether (sulfide) groups is 1. The van der Waals surface area contributed by atoms with Gasteiger partial charge < -0.3 is 9.13 Å². The quantitative estimate of drug-likeness (QED) is 0.419. The molecule has 0 atom stereocenters. The Morgan fingerprint density at radius 2 is 1.92 bits per heavy atom. The molecule has 3 aromatic rings. The molecule has 1 aromatic carbocycles. The second-order valence-electron chi connectivity index (χ2n) is 5.57. The van der Waals surface area contributed by atoms with Crippen LogP contribution in [-0.2, 0) is 25.8 Å². The van der Waals surface area contributed by atoms with Crippen LogP contribution in [-0.4, -0.2) is 19.3 Å². The van der Waals surface area contributed by atoms with Crippen molar-refractivity contribution in [1.82, 2.24) is 19.3 Å². The van der Waals surface area contributed by atoms with Crippen molar-refractivity contribution in [3.8, 4) is 0 Å². The molecule has 0 saturated heterocycles. The Bertz CT molecular complexity index is 865. The number of aromatic nitrogens is 4. The van der Waals surface area contributed by atoms with Crippen LogP contribution < -0.4 is 0 Å². The molecule has 0 spiro atoms. The van der Waals surface area contributed by atoms with Crippen molar-refractivity contribution >= 4 is 35.0 Å². The molecule has 0 aliphatic carbocycles. The molecule has 25 heavy (non-hydrogen) atoms. The molecule has 7 heteroatoms. The molecule has 0 saturated carbocycles. The number of nitrogens with zero attached hydrogens (tertiary/aromatic N) is 4. The molecule has 0 aliphatic heterocycles. The van der Waals surface area contributed by atoms with E-state index in [0.717, 1.165) is 23.0 Å². The molecular formula is C18H18Cl2N4S. The summed E-state index contributed by atoms with van der Waals surface area (Å²) in [5, 5.41) is 10.9. The van der Waals surface area contributed by atoms with Gasteiger partial charge in [-0.3, -0.25) is 0 Å². The molecule has 0 bridgehead atoms. The molecule has 2 heterocycles. The molecule has 0 radical (unpaired) electrons. The summed E-state index contributed by atoms with van der Waals surface area (Å²) in [4.78, 5) is 0. The van der Waals surface area contributed by atoms with E-state index in [9.17, 15) is 0 Å². The van der Waals surface area contributed by atoms with Crippen LogP contribution in [0, 0.1) is 0 Å². The van der Waals surface area contributed by atoms with E-state index >= 15 is 0 Å². The maximum absolute atomic E-state index is 6.25. The molecule has 130 valence electrons. The van der Waals surface area contributed by atoms with E-state index in [2.05, 4.69) is 32.0 Å². The van der Waals surface area contributed by atoms with Crippen LogP contribution in [0.25, 0.3) is 0 Å². The van der Waals surface area contributed by atoms with Gasteiger partial charge in [-0.2, -0.15) is 0 Å². The Morgan fingerprint density at radius 1 is 1.16 bits per heavy atom. The lowest BCUT2D eigenvalue weighted by Gasteiger charge is -2.09. The highest BCUT2D eigenvalue weighted by molar-refractivity contribution is 7.98. The monoisotopic (exact) mass is 392 g/mol. The van der Waals surface area contributed by atoms with E-state index < -0.39 is 0 Å². The number of aryl methyl sites for hydroxylation is 1. The number of halogens is 2. The molecule has 0 N–H and O–H groups in total. The van der Waals surface area contributed by atoms with Gasteiger partial charge in [0.25, 0.3) is 0 Å². The van der Waals surface area contributed by atoms with E-state index in [1.54, 1.807) is 11.8 Å². The first kappa shape index (κ1) is 18.1. The van der Waals surface area contributed by atoms with Crippen LogP contribution in [0.1, 0.15) is 17.1 Å². The van der Waals surface area contributed by atoms with Crippen LogP contribution in [0.3, 0.4) is 0 Å². The Hall–Kier alpha value is -1.69. The SMILES string of the molecule is C=CCn1c(Cc2cccn2C)nnc1SCc1c(Cl)cccc1Cl. The minimum absolute atomic E-state index is 0.637. The first-order valence-electron chi connectivity index (χ1n) is 7.79. The van der Waals surface area contributed by atoms with Gasteiger partial charge in [0.05, 0.1) is 0 Å². The van der Waals surface area contributed by atoms with Crippen molar-refractivity contribution in [3.05, 3.63) is 76.3 Å². The molecule has 3 rings (SSSR count). The third kappa shape index (κ3) is 4.11. The van der Waals surface area contributed by atoms with Crippen molar-refractivity contribution in [2.75, 3.05) is 0 Å². The minimum Gasteiger partial charge on any atom is -0.354 e. The van der Waals surface area contributed by atoms with Crippen LogP contribution in [0.4, 0.5) is 0 Å². The number of hydrogen-bond acceptors (Lipinski definition) is 3. The van der Waals surface area contributed by atoms with Crippen molar-refractivity contribution in [3.63, 3.8) is 0 Å². The second kappa shape index (κ2) is 8.13. The van der Waals surface area contributed by atoms with Crippen molar-refractivity contribution < 1.29 is 0 Å².